The molecule has 0 atom stereocenters. The number of fused-ring (bicyclic) bond motifs is 6. The molecule has 2 heterocycles. The third-order valence-electron chi connectivity index (χ3n) is 10.4. The maximum atomic E-state index is 9.59. The molecule has 0 aliphatic carbocycles. The molecule has 2 aromatic heterocycles. The molecule has 11 aromatic rings. The number of hydrogen-bond acceptors (Lipinski definition) is 3. The Morgan fingerprint density at radius 3 is 2.00 bits per heavy atom. The molecule has 57 heavy (non-hydrogen) atoms. The lowest BCUT2D eigenvalue weighted by Gasteiger charge is -2.26. The van der Waals surface area contributed by atoms with E-state index in [1.165, 1.54) is 0 Å². The van der Waals surface area contributed by atoms with E-state index in [9.17, 15) is 5.48 Å². The van der Waals surface area contributed by atoms with E-state index < -0.39 is 59.9 Å². The lowest BCUT2D eigenvalue weighted by molar-refractivity contribution is 0.621. The Kier molecular flexibility index (Phi) is 5.87. The second-order valence-corrected chi connectivity index (χ2v) is 13.7. The number of para-hydroxylation sites is 2. The van der Waals surface area contributed by atoms with Gasteiger partial charge >= 0.3 is 0 Å². The molecule has 0 saturated heterocycles. The van der Waals surface area contributed by atoms with Gasteiger partial charge in [-0.25, -0.2) is 4.98 Å². The smallest absolute Gasteiger partial charge is 0.227 e. The van der Waals surface area contributed by atoms with E-state index in [0.717, 1.165) is 55.0 Å². The van der Waals surface area contributed by atoms with E-state index in [-0.39, 0.29) is 11.3 Å². The highest BCUT2D eigenvalue weighted by Gasteiger charge is 2.20. The summed E-state index contributed by atoms with van der Waals surface area (Å²) in [5, 5.41) is 3.97. The fourth-order valence-electron chi connectivity index (χ4n) is 7.77. The largest absolute Gasteiger partial charge is 0.435 e. The molecule has 0 aliphatic heterocycles. The van der Waals surface area contributed by atoms with Gasteiger partial charge in [-0.3, -0.25) is 0 Å². The first-order valence-electron chi connectivity index (χ1n) is 23.1. The van der Waals surface area contributed by atoms with E-state index in [1.807, 2.05) is 121 Å². The van der Waals surface area contributed by atoms with Gasteiger partial charge in [0.25, 0.3) is 0 Å². The summed E-state index contributed by atoms with van der Waals surface area (Å²) in [5.41, 5.74) is 6.79. The van der Waals surface area contributed by atoms with Crippen molar-refractivity contribution in [3.8, 4) is 39.4 Å². The van der Waals surface area contributed by atoms with Crippen molar-refractivity contribution in [3.05, 3.63) is 212 Å². The molecule has 0 aliphatic rings. The van der Waals surface area contributed by atoms with Crippen molar-refractivity contribution in [1.82, 2.24) is 9.55 Å². The van der Waals surface area contributed by atoms with E-state index >= 15 is 0 Å². The predicted molar refractivity (Wildman–Crippen MR) is 237 cm³/mol. The summed E-state index contributed by atoms with van der Waals surface area (Å²) < 4.78 is 88.6. The Hall–Kier alpha value is -7.69. The molecule has 0 fully saturated rings. The van der Waals surface area contributed by atoms with Crippen LogP contribution in [0.4, 0.5) is 17.1 Å². The van der Waals surface area contributed by atoms with Gasteiger partial charge in [0, 0.05) is 44.6 Å². The number of nitrogens with zero attached hydrogens (tertiary/aromatic N) is 3. The highest BCUT2D eigenvalue weighted by molar-refractivity contribution is 6.22. The van der Waals surface area contributed by atoms with Crippen LogP contribution in [0.15, 0.2) is 217 Å². The first-order chi connectivity index (χ1) is 32.0. The summed E-state index contributed by atoms with van der Waals surface area (Å²) in [7, 11) is 0. The van der Waals surface area contributed by atoms with Crippen LogP contribution in [-0.2, 0) is 0 Å². The standard InChI is InChI=1S/C53H35N3O/c1-4-13-36(14-5-1)37-23-28-42(29-24-37)55(43-30-25-39(26-31-43)46-21-12-22-48-52(46)57-53(54-48)40-16-6-2-7-17-40)44-32-34-49-47(35-44)51-45-20-11-10-15-38(45)27-33-50(51)56(49)41-18-8-3-9-19-41/h1-35H/i1D,4D,5D,13D,14D,23D,24D,28D,29D. The zero-order chi connectivity index (χ0) is 45.5. The van der Waals surface area contributed by atoms with Crippen LogP contribution in [0.5, 0.6) is 0 Å². The predicted octanol–water partition coefficient (Wildman–Crippen LogP) is 14.5. The molecular formula is C53H35N3O. The minimum absolute atomic E-state index is 0.0882. The number of oxazole rings is 1. The zero-order valence-electron chi connectivity index (χ0n) is 39.3. The van der Waals surface area contributed by atoms with Gasteiger partial charge in [0.05, 0.1) is 23.4 Å². The van der Waals surface area contributed by atoms with Gasteiger partial charge in [0.2, 0.25) is 5.89 Å². The van der Waals surface area contributed by atoms with Crippen LogP contribution in [0.3, 0.4) is 0 Å². The summed E-state index contributed by atoms with van der Waals surface area (Å²) in [6, 6.07) is 46.2. The molecular weight excluding hydrogens is 695 g/mol. The van der Waals surface area contributed by atoms with Gasteiger partial charge < -0.3 is 13.9 Å². The number of rotatable bonds is 7. The van der Waals surface area contributed by atoms with Crippen LogP contribution in [0.25, 0.3) is 83.1 Å². The molecule has 0 unspecified atom stereocenters. The van der Waals surface area contributed by atoms with Gasteiger partial charge in [-0.05, 0) is 106 Å². The SMILES string of the molecule is [2H]c1c([2H])c([2H])c(-c2c([2H])c([2H])c(N(c3ccc(-c4cccc5nc(-c6ccccc6)oc45)cc3)c3ccc4c(c3)c3c5ccccc5ccc3n4-c3ccccc3)c([2H])c2[2H])c([2H])c1[2H]. The van der Waals surface area contributed by atoms with Crippen molar-refractivity contribution < 1.29 is 16.8 Å². The monoisotopic (exact) mass is 738 g/mol. The molecule has 4 nitrogen and oxygen atoms in total. The van der Waals surface area contributed by atoms with Crippen LogP contribution in [0.1, 0.15) is 12.3 Å². The maximum Gasteiger partial charge on any atom is 0.227 e. The second-order valence-electron chi connectivity index (χ2n) is 13.7. The van der Waals surface area contributed by atoms with Gasteiger partial charge in [0.1, 0.15) is 5.52 Å². The molecule has 0 N–H and O–H groups in total. The van der Waals surface area contributed by atoms with Crippen molar-refractivity contribution in [2.75, 3.05) is 4.90 Å². The van der Waals surface area contributed by atoms with Gasteiger partial charge in [0.15, 0.2) is 5.58 Å². The zero-order valence-corrected chi connectivity index (χ0v) is 30.3. The second kappa shape index (κ2) is 13.6. The lowest BCUT2D eigenvalue weighted by Crippen LogP contribution is -2.10. The maximum absolute atomic E-state index is 9.59. The first kappa shape index (κ1) is 24.7. The quantitative estimate of drug-likeness (QED) is 0.163. The number of aromatic nitrogens is 2. The summed E-state index contributed by atoms with van der Waals surface area (Å²) in [4.78, 5) is 6.45. The van der Waals surface area contributed by atoms with Crippen LogP contribution >= 0.6 is 0 Å². The topological polar surface area (TPSA) is 34.2 Å². The molecule has 0 saturated carbocycles. The van der Waals surface area contributed by atoms with E-state index in [1.54, 1.807) is 4.90 Å². The average Bonchev–Trinajstić information content (AvgIpc) is 3.95. The van der Waals surface area contributed by atoms with Crippen molar-refractivity contribution in [3.63, 3.8) is 0 Å². The fraction of sp³-hybridized carbons (Fsp3) is 0. The van der Waals surface area contributed by atoms with E-state index in [2.05, 4.69) is 41.0 Å². The van der Waals surface area contributed by atoms with Crippen LogP contribution in [0, 0.1) is 0 Å². The molecule has 0 amide bonds. The van der Waals surface area contributed by atoms with E-state index in [4.69, 9.17) is 16.3 Å². The summed E-state index contributed by atoms with van der Waals surface area (Å²) >= 11 is 0. The summed E-state index contributed by atoms with van der Waals surface area (Å²) in [5.74, 6) is 0.494. The fourth-order valence-corrected chi connectivity index (χ4v) is 7.77. The highest BCUT2D eigenvalue weighted by Crippen LogP contribution is 2.43. The minimum atomic E-state index is -0.638. The molecule has 11 rings (SSSR count). The summed E-state index contributed by atoms with van der Waals surface area (Å²) in [6.45, 7) is 0. The van der Waals surface area contributed by atoms with Crippen LogP contribution in [0.2, 0.25) is 0 Å². The minimum Gasteiger partial charge on any atom is -0.435 e. The third-order valence-corrected chi connectivity index (χ3v) is 10.4. The van der Waals surface area contributed by atoms with Gasteiger partial charge in [-0.2, -0.15) is 0 Å². The number of hydrogen-bond donors (Lipinski definition) is 0. The molecule has 4 heteroatoms. The van der Waals surface area contributed by atoms with Crippen LogP contribution < -0.4 is 4.90 Å². The third kappa shape index (κ3) is 5.66. The van der Waals surface area contributed by atoms with Gasteiger partial charge in [-0.15, -0.1) is 0 Å². The molecule has 0 spiro atoms. The average molecular weight is 739 g/mol. The van der Waals surface area contributed by atoms with Crippen molar-refractivity contribution >= 4 is 60.7 Å². The molecule has 0 bridgehead atoms. The lowest BCUT2D eigenvalue weighted by atomic mass is 10.0. The molecule has 9 aromatic carbocycles. The van der Waals surface area contributed by atoms with Crippen LogP contribution in [-0.4, -0.2) is 9.55 Å². The Morgan fingerprint density at radius 1 is 0.491 bits per heavy atom. The van der Waals surface area contributed by atoms with Gasteiger partial charge in [-0.1, -0.05) is 133 Å². The Labute approximate surface area is 342 Å². The van der Waals surface area contributed by atoms with Crippen molar-refractivity contribution in [2.45, 2.75) is 0 Å². The Balaban J connectivity index is 1.15. The number of anilines is 3. The van der Waals surface area contributed by atoms with Crippen molar-refractivity contribution in [1.29, 1.82) is 0 Å². The Bertz CT molecular complexity index is 3700. The van der Waals surface area contributed by atoms with Crippen molar-refractivity contribution in [2.24, 2.45) is 0 Å². The summed E-state index contributed by atoms with van der Waals surface area (Å²) in [6.07, 6.45) is 0. The first-order valence-corrected chi connectivity index (χ1v) is 18.6. The highest BCUT2D eigenvalue weighted by atomic mass is 16.3. The van der Waals surface area contributed by atoms with E-state index in [0.29, 0.717) is 28.4 Å². The molecule has 268 valence electrons. The molecule has 0 radical (unpaired) electrons. The normalized spacial score (nSPS) is 13.7. The number of benzene rings is 9. The Morgan fingerprint density at radius 2 is 1.19 bits per heavy atom.